The van der Waals surface area contributed by atoms with Crippen molar-refractivity contribution in [2.75, 3.05) is 0 Å². The van der Waals surface area contributed by atoms with Crippen molar-refractivity contribution in [1.29, 1.82) is 0 Å². The zero-order chi connectivity index (χ0) is 23.4. The molecular formula is C26H34O7. The van der Waals surface area contributed by atoms with Gasteiger partial charge in [0.1, 0.15) is 17.8 Å². The van der Waals surface area contributed by atoms with Crippen LogP contribution in [0.2, 0.25) is 0 Å². The minimum Gasteiger partial charge on any atom is -0.459 e. The Bertz CT molecular complexity index is 1030. The van der Waals surface area contributed by atoms with Crippen LogP contribution in [0.3, 0.4) is 0 Å². The van der Waals surface area contributed by atoms with Crippen molar-refractivity contribution in [3.63, 3.8) is 0 Å². The average Bonchev–Trinajstić information content (AvgIpc) is 3.45. The van der Waals surface area contributed by atoms with Crippen LogP contribution in [0.4, 0.5) is 0 Å². The number of carbonyl (C=O) groups excluding carboxylic acids is 1. The predicted octanol–water partition coefficient (Wildman–Crippen LogP) is 2.91. The molecule has 180 valence electrons. The Kier molecular flexibility index (Phi) is 4.43. The molecule has 33 heavy (non-hydrogen) atoms. The van der Waals surface area contributed by atoms with E-state index in [0.29, 0.717) is 12.8 Å². The van der Waals surface area contributed by atoms with Gasteiger partial charge in [0.05, 0.1) is 18.0 Å². The quantitative estimate of drug-likeness (QED) is 0.518. The van der Waals surface area contributed by atoms with Crippen LogP contribution in [0.25, 0.3) is 0 Å². The van der Waals surface area contributed by atoms with Gasteiger partial charge in [0.15, 0.2) is 0 Å². The Hall–Kier alpha value is -1.70. The molecule has 7 nitrogen and oxygen atoms in total. The number of epoxide rings is 1. The van der Waals surface area contributed by atoms with Gasteiger partial charge in [-0.1, -0.05) is 13.8 Å². The van der Waals surface area contributed by atoms with E-state index in [1.54, 1.807) is 6.07 Å². The smallest absolute Gasteiger partial charge is 0.335 e. The maximum atomic E-state index is 12.1. The van der Waals surface area contributed by atoms with Gasteiger partial charge in [0, 0.05) is 30.7 Å². The fraction of sp³-hybridized carbons (Fsp3) is 0.769. The molecule has 0 unspecified atom stereocenters. The third kappa shape index (κ3) is 2.62. The minimum absolute atomic E-state index is 0.118. The second-order valence-corrected chi connectivity index (χ2v) is 11.8. The van der Waals surface area contributed by atoms with Crippen LogP contribution in [-0.2, 0) is 14.3 Å². The van der Waals surface area contributed by atoms with Gasteiger partial charge in [-0.15, -0.1) is 0 Å². The largest absolute Gasteiger partial charge is 0.459 e. The predicted molar refractivity (Wildman–Crippen MR) is 117 cm³/mol. The Morgan fingerprint density at radius 1 is 1.09 bits per heavy atom. The first-order valence-electron chi connectivity index (χ1n) is 12.4. The Morgan fingerprint density at radius 3 is 2.52 bits per heavy atom. The van der Waals surface area contributed by atoms with Gasteiger partial charge in [-0.25, -0.2) is 4.79 Å². The van der Waals surface area contributed by atoms with Gasteiger partial charge < -0.3 is 24.1 Å². The van der Waals surface area contributed by atoms with E-state index in [-0.39, 0.29) is 40.7 Å². The monoisotopic (exact) mass is 458 g/mol. The molecule has 2 N–H and O–H groups in total. The highest BCUT2D eigenvalue weighted by Crippen LogP contribution is 2.78. The van der Waals surface area contributed by atoms with Crippen LogP contribution in [0, 0.1) is 22.7 Å². The number of hydrogen-bond acceptors (Lipinski definition) is 7. The minimum atomic E-state index is -0.850. The SMILES string of the molecule is CC(=O)O[C@@H]1[C@@H]2O[C@@]23[C@@H]2CC[C@]4(O)C[C@H](O)CC[C@@]4(C)[C@H]2CC[C@]3(C)[C@H]1c1ccc(=O)oc1. The molecule has 1 saturated heterocycles. The molecule has 0 aromatic carbocycles. The molecule has 4 saturated carbocycles. The molecule has 5 fully saturated rings. The lowest BCUT2D eigenvalue weighted by atomic mass is 9.42. The topological polar surface area (TPSA) is 110 Å². The van der Waals surface area contributed by atoms with E-state index in [4.69, 9.17) is 13.9 Å². The first-order chi connectivity index (χ1) is 15.6. The summed E-state index contributed by atoms with van der Waals surface area (Å²) in [6, 6.07) is 3.23. The number of hydrogen-bond donors (Lipinski definition) is 2. The molecule has 5 aliphatic rings. The van der Waals surface area contributed by atoms with E-state index in [0.717, 1.165) is 37.7 Å². The third-order valence-electron chi connectivity index (χ3n) is 10.6. The van der Waals surface area contributed by atoms with Crippen molar-refractivity contribution >= 4 is 5.97 Å². The second kappa shape index (κ2) is 6.70. The zero-order valence-electron chi connectivity index (χ0n) is 19.6. The fourth-order valence-electron chi connectivity index (χ4n) is 9.10. The summed E-state index contributed by atoms with van der Waals surface area (Å²) < 4.78 is 17.7. The summed E-state index contributed by atoms with van der Waals surface area (Å²) in [4.78, 5) is 23.7. The second-order valence-electron chi connectivity index (χ2n) is 11.8. The van der Waals surface area contributed by atoms with Crippen LogP contribution >= 0.6 is 0 Å². The first kappa shape index (κ1) is 21.8. The van der Waals surface area contributed by atoms with Crippen molar-refractivity contribution in [1.82, 2.24) is 0 Å². The molecule has 6 rings (SSSR count). The van der Waals surface area contributed by atoms with Gasteiger partial charge in [0.25, 0.3) is 0 Å². The normalized spacial score (nSPS) is 52.2. The van der Waals surface area contributed by atoms with Gasteiger partial charge in [0.2, 0.25) is 0 Å². The maximum Gasteiger partial charge on any atom is 0.335 e. The number of esters is 1. The lowest BCUT2D eigenvalue weighted by Crippen LogP contribution is -2.65. The van der Waals surface area contributed by atoms with Crippen LogP contribution in [0.1, 0.15) is 77.2 Å². The Morgan fingerprint density at radius 2 is 1.82 bits per heavy atom. The number of rotatable bonds is 2. The molecule has 1 aliphatic heterocycles. The third-order valence-corrected chi connectivity index (χ3v) is 10.6. The summed E-state index contributed by atoms with van der Waals surface area (Å²) in [7, 11) is 0. The summed E-state index contributed by atoms with van der Waals surface area (Å²) in [5.41, 5.74) is -1.34. The Labute approximate surface area is 193 Å². The summed E-state index contributed by atoms with van der Waals surface area (Å²) in [5, 5.41) is 22.0. The number of fused-ring (bicyclic) bond motifs is 3. The molecule has 2 heterocycles. The van der Waals surface area contributed by atoms with Crippen molar-refractivity contribution in [3.05, 3.63) is 34.4 Å². The van der Waals surface area contributed by atoms with Crippen LogP contribution < -0.4 is 5.63 Å². The number of ether oxygens (including phenoxy) is 2. The zero-order valence-corrected chi connectivity index (χ0v) is 19.6. The highest BCUT2D eigenvalue weighted by atomic mass is 16.7. The van der Waals surface area contributed by atoms with Crippen molar-refractivity contribution in [3.8, 4) is 0 Å². The van der Waals surface area contributed by atoms with E-state index >= 15 is 0 Å². The molecule has 1 aromatic rings. The molecule has 1 spiro atoms. The van der Waals surface area contributed by atoms with Crippen LogP contribution in [0.5, 0.6) is 0 Å². The summed E-state index contributed by atoms with van der Waals surface area (Å²) in [6.07, 6.45) is 5.74. The Balaban J connectivity index is 1.42. The van der Waals surface area contributed by atoms with E-state index in [1.165, 1.54) is 19.3 Å². The number of carbonyl (C=O) groups is 1. The first-order valence-corrected chi connectivity index (χ1v) is 12.4. The van der Waals surface area contributed by atoms with Gasteiger partial charge in [-0.3, -0.25) is 4.79 Å². The fourth-order valence-corrected chi connectivity index (χ4v) is 9.10. The molecule has 10 atom stereocenters. The molecule has 7 heteroatoms. The lowest BCUT2D eigenvalue weighted by Gasteiger charge is -2.63. The molecule has 4 aliphatic carbocycles. The highest BCUT2D eigenvalue weighted by Gasteiger charge is 2.85. The maximum absolute atomic E-state index is 12.1. The summed E-state index contributed by atoms with van der Waals surface area (Å²) >= 11 is 0. The van der Waals surface area contributed by atoms with Crippen molar-refractivity contribution < 1.29 is 28.9 Å². The summed E-state index contributed by atoms with van der Waals surface area (Å²) in [6.45, 7) is 5.89. The van der Waals surface area contributed by atoms with Crippen molar-refractivity contribution in [2.45, 2.75) is 101 Å². The number of aliphatic hydroxyl groups is 2. The van der Waals surface area contributed by atoms with Crippen molar-refractivity contribution in [2.24, 2.45) is 22.7 Å². The van der Waals surface area contributed by atoms with E-state index in [2.05, 4.69) is 13.8 Å². The van der Waals surface area contributed by atoms with Crippen LogP contribution in [-0.4, -0.2) is 45.7 Å². The van der Waals surface area contributed by atoms with Crippen LogP contribution in [0.15, 0.2) is 27.6 Å². The van der Waals surface area contributed by atoms with E-state index in [9.17, 15) is 19.8 Å². The van der Waals surface area contributed by atoms with E-state index < -0.39 is 29.0 Å². The molecule has 0 bridgehead atoms. The standard InChI is InChI=1S/C26H34O7/c1-14(27)32-21-20(15-4-5-19(29)31-13-15)24(3)10-7-17-18(26(24)22(21)33-26)8-11-25(30)12-16(28)6-9-23(17,25)2/h4-5,13,16-18,20-22,28,30H,6-12H2,1-3H3/t16-,17+,18-,20+,21+,22+,23+,24-,25+,26+/m1/s1. The molecule has 1 aromatic heterocycles. The lowest BCUT2D eigenvalue weighted by molar-refractivity contribution is -0.224. The van der Waals surface area contributed by atoms with Gasteiger partial charge in [-0.2, -0.15) is 0 Å². The molecule has 0 radical (unpaired) electrons. The highest BCUT2D eigenvalue weighted by molar-refractivity contribution is 5.66. The average molecular weight is 459 g/mol. The van der Waals surface area contributed by atoms with Gasteiger partial charge in [-0.05, 0) is 67.4 Å². The van der Waals surface area contributed by atoms with E-state index in [1.807, 2.05) is 0 Å². The number of aliphatic hydroxyl groups excluding tert-OH is 1. The summed E-state index contributed by atoms with van der Waals surface area (Å²) in [5.74, 6) is 0.0816. The van der Waals surface area contributed by atoms with Gasteiger partial charge >= 0.3 is 11.6 Å². The molecular weight excluding hydrogens is 424 g/mol. The molecule has 0 amide bonds.